The number of furan rings is 1. The molecule has 0 saturated carbocycles. The Morgan fingerprint density at radius 2 is 2.00 bits per heavy atom. The van der Waals surface area contributed by atoms with E-state index in [0.717, 1.165) is 70.4 Å². The first-order valence-corrected chi connectivity index (χ1v) is 12.2. The SMILES string of the molecule is CCOc1c(/C(C)=C/C(=O)N2CCCCC2CC)cc2c(-c3ccc(Cl)cc3)coc2c1C. The van der Waals surface area contributed by atoms with E-state index >= 15 is 0 Å². The standard InChI is InChI=1S/C28H32ClNO3/c1-5-22-9-7-8-14-30(22)26(31)15-18(3)23-16-24-25(20-10-12-21(29)13-11-20)17-33-28(24)19(4)27(23)32-6-2/h10-13,15-17,22H,5-9,14H2,1-4H3/b18-15+. The van der Waals surface area contributed by atoms with Crippen molar-refractivity contribution < 1.29 is 13.9 Å². The van der Waals surface area contributed by atoms with Crippen LogP contribution in [0.1, 0.15) is 57.6 Å². The minimum atomic E-state index is 0.0874. The van der Waals surface area contributed by atoms with Crippen LogP contribution in [0.5, 0.6) is 5.75 Å². The lowest BCUT2D eigenvalue weighted by atomic mass is 9.95. The second kappa shape index (κ2) is 10.0. The Labute approximate surface area is 201 Å². The van der Waals surface area contributed by atoms with Gasteiger partial charge in [-0.2, -0.15) is 0 Å². The number of carbonyl (C=O) groups excluding carboxylic acids is 1. The molecule has 1 fully saturated rings. The number of nitrogens with zero attached hydrogens (tertiary/aromatic N) is 1. The van der Waals surface area contributed by atoms with Crippen LogP contribution in [-0.4, -0.2) is 30.0 Å². The van der Waals surface area contributed by atoms with Gasteiger partial charge in [0.1, 0.15) is 11.3 Å². The summed E-state index contributed by atoms with van der Waals surface area (Å²) in [6, 6.07) is 10.2. The largest absolute Gasteiger partial charge is 0.493 e. The fraction of sp³-hybridized carbons (Fsp3) is 0.393. The maximum absolute atomic E-state index is 13.2. The maximum atomic E-state index is 13.2. The molecule has 1 aliphatic heterocycles. The second-order valence-corrected chi connectivity index (χ2v) is 9.20. The normalized spacial score (nSPS) is 16.9. The minimum absolute atomic E-state index is 0.0874. The van der Waals surface area contributed by atoms with Crippen LogP contribution in [0.4, 0.5) is 0 Å². The van der Waals surface area contributed by atoms with Crippen LogP contribution in [0.2, 0.25) is 5.02 Å². The number of likely N-dealkylation sites (tertiary alicyclic amines) is 1. The van der Waals surface area contributed by atoms with Gasteiger partial charge >= 0.3 is 0 Å². The molecule has 1 saturated heterocycles. The Hall–Kier alpha value is -2.72. The lowest BCUT2D eigenvalue weighted by molar-refractivity contribution is -0.129. The molecule has 174 valence electrons. The van der Waals surface area contributed by atoms with Gasteiger partial charge in [-0.25, -0.2) is 0 Å². The Bertz CT molecular complexity index is 1180. The van der Waals surface area contributed by atoms with E-state index in [1.807, 2.05) is 49.9 Å². The number of halogens is 1. The van der Waals surface area contributed by atoms with Crippen molar-refractivity contribution in [1.82, 2.24) is 4.90 Å². The molecule has 33 heavy (non-hydrogen) atoms. The van der Waals surface area contributed by atoms with Crippen molar-refractivity contribution in [2.45, 2.75) is 59.4 Å². The summed E-state index contributed by atoms with van der Waals surface area (Å²) in [6.45, 7) is 9.51. The summed E-state index contributed by atoms with van der Waals surface area (Å²) < 4.78 is 12.0. The zero-order valence-corrected chi connectivity index (χ0v) is 20.7. The second-order valence-electron chi connectivity index (χ2n) is 8.76. The first kappa shape index (κ1) is 23.4. The van der Waals surface area contributed by atoms with Crippen LogP contribution < -0.4 is 4.74 Å². The molecule has 1 aromatic heterocycles. The molecular weight excluding hydrogens is 434 g/mol. The van der Waals surface area contributed by atoms with Crippen molar-refractivity contribution >= 4 is 34.1 Å². The van der Waals surface area contributed by atoms with E-state index in [1.165, 1.54) is 6.42 Å². The number of amides is 1. The summed E-state index contributed by atoms with van der Waals surface area (Å²) in [5.74, 6) is 0.860. The number of aryl methyl sites for hydroxylation is 1. The smallest absolute Gasteiger partial charge is 0.247 e. The fourth-order valence-corrected chi connectivity index (χ4v) is 4.98. The van der Waals surface area contributed by atoms with Crippen LogP contribution in [0.3, 0.4) is 0 Å². The molecule has 0 aliphatic carbocycles. The van der Waals surface area contributed by atoms with Crippen molar-refractivity contribution in [3.8, 4) is 16.9 Å². The average Bonchev–Trinajstić information content (AvgIpc) is 3.25. The number of benzene rings is 2. The Morgan fingerprint density at radius 1 is 1.24 bits per heavy atom. The van der Waals surface area contributed by atoms with Gasteiger partial charge in [0.25, 0.3) is 0 Å². The quantitative estimate of drug-likeness (QED) is 0.351. The first-order chi connectivity index (χ1) is 15.9. The van der Waals surface area contributed by atoms with Crippen molar-refractivity contribution in [3.05, 3.63) is 58.8 Å². The zero-order valence-electron chi connectivity index (χ0n) is 19.9. The highest BCUT2D eigenvalue weighted by molar-refractivity contribution is 6.30. The topological polar surface area (TPSA) is 42.7 Å². The monoisotopic (exact) mass is 465 g/mol. The highest BCUT2D eigenvalue weighted by Crippen LogP contribution is 2.41. The van der Waals surface area contributed by atoms with Gasteiger partial charge in [-0.1, -0.05) is 30.7 Å². The molecule has 4 nitrogen and oxygen atoms in total. The Balaban J connectivity index is 1.80. The summed E-state index contributed by atoms with van der Waals surface area (Å²) in [5.41, 5.74) is 5.59. The molecule has 1 unspecified atom stereocenters. The van der Waals surface area contributed by atoms with Crippen LogP contribution >= 0.6 is 11.6 Å². The molecule has 0 spiro atoms. The summed E-state index contributed by atoms with van der Waals surface area (Å²) in [7, 11) is 0. The molecule has 0 bridgehead atoms. The van der Waals surface area contributed by atoms with Crippen molar-refractivity contribution in [1.29, 1.82) is 0 Å². The van der Waals surface area contributed by atoms with E-state index in [9.17, 15) is 4.79 Å². The third kappa shape index (κ3) is 4.67. The molecule has 4 rings (SSSR count). The van der Waals surface area contributed by atoms with E-state index in [-0.39, 0.29) is 5.91 Å². The highest BCUT2D eigenvalue weighted by Gasteiger charge is 2.25. The van der Waals surface area contributed by atoms with Crippen molar-refractivity contribution in [3.63, 3.8) is 0 Å². The van der Waals surface area contributed by atoms with E-state index in [2.05, 4.69) is 13.0 Å². The average molecular weight is 466 g/mol. The van der Waals surface area contributed by atoms with E-state index < -0.39 is 0 Å². The molecule has 0 radical (unpaired) electrons. The summed E-state index contributed by atoms with van der Waals surface area (Å²) >= 11 is 6.09. The Morgan fingerprint density at radius 3 is 2.70 bits per heavy atom. The zero-order chi connectivity index (χ0) is 23.5. The van der Waals surface area contributed by atoms with E-state index in [0.29, 0.717) is 17.7 Å². The van der Waals surface area contributed by atoms with Gasteiger partial charge in [-0.15, -0.1) is 0 Å². The summed E-state index contributed by atoms with van der Waals surface area (Å²) in [5, 5.41) is 1.69. The third-order valence-corrected chi connectivity index (χ3v) is 6.89. The number of fused-ring (bicyclic) bond motifs is 1. The van der Waals surface area contributed by atoms with Crippen LogP contribution in [-0.2, 0) is 4.79 Å². The third-order valence-electron chi connectivity index (χ3n) is 6.63. The van der Waals surface area contributed by atoms with Crippen molar-refractivity contribution in [2.24, 2.45) is 0 Å². The molecule has 1 atom stereocenters. The number of piperidine rings is 1. The van der Waals surface area contributed by atoms with Crippen molar-refractivity contribution in [2.75, 3.05) is 13.2 Å². The summed E-state index contributed by atoms with van der Waals surface area (Å²) in [4.78, 5) is 15.3. The fourth-order valence-electron chi connectivity index (χ4n) is 4.85. The molecule has 1 amide bonds. The van der Waals surface area contributed by atoms with Gasteiger partial charge < -0.3 is 14.1 Å². The molecule has 2 aromatic carbocycles. The lowest BCUT2D eigenvalue weighted by Crippen LogP contribution is -2.42. The predicted molar refractivity (Wildman–Crippen MR) is 136 cm³/mol. The molecule has 5 heteroatoms. The molecule has 3 aromatic rings. The predicted octanol–water partition coefficient (Wildman–Crippen LogP) is 7.65. The van der Waals surface area contributed by atoms with Gasteiger partial charge in [0.15, 0.2) is 0 Å². The maximum Gasteiger partial charge on any atom is 0.247 e. The van der Waals surface area contributed by atoms with Gasteiger partial charge in [-0.05, 0) is 75.8 Å². The molecule has 0 N–H and O–H groups in total. The van der Waals surface area contributed by atoms with E-state index in [4.69, 9.17) is 20.8 Å². The molecular formula is C28H32ClNO3. The van der Waals surface area contributed by atoms with Crippen LogP contribution in [0.25, 0.3) is 27.7 Å². The van der Waals surface area contributed by atoms with Gasteiger partial charge in [0.2, 0.25) is 5.91 Å². The lowest BCUT2D eigenvalue weighted by Gasteiger charge is -2.34. The number of hydrogen-bond acceptors (Lipinski definition) is 3. The number of ether oxygens (including phenoxy) is 1. The number of carbonyl (C=O) groups is 1. The molecule has 2 heterocycles. The van der Waals surface area contributed by atoms with Gasteiger partial charge in [-0.3, -0.25) is 4.79 Å². The highest BCUT2D eigenvalue weighted by atomic mass is 35.5. The number of rotatable bonds is 6. The van der Waals surface area contributed by atoms with Crippen LogP contribution in [0, 0.1) is 6.92 Å². The Kier molecular flexibility index (Phi) is 7.14. The van der Waals surface area contributed by atoms with E-state index in [1.54, 1.807) is 12.3 Å². The minimum Gasteiger partial charge on any atom is -0.493 e. The van der Waals surface area contributed by atoms with Crippen LogP contribution in [0.15, 0.2) is 47.1 Å². The van der Waals surface area contributed by atoms with Gasteiger partial charge in [0, 0.05) is 45.8 Å². The first-order valence-electron chi connectivity index (χ1n) is 11.9. The number of allylic oxidation sites excluding steroid dienone is 1. The number of hydrogen-bond donors (Lipinski definition) is 0. The molecule has 1 aliphatic rings. The van der Waals surface area contributed by atoms with Gasteiger partial charge in [0.05, 0.1) is 12.9 Å². The summed E-state index contributed by atoms with van der Waals surface area (Å²) in [6.07, 6.45) is 7.91.